The van der Waals surface area contributed by atoms with E-state index < -0.39 is 5.41 Å². The van der Waals surface area contributed by atoms with Crippen molar-refractivity contribution in [3.8, 4) is 21.7 Å². The number of rotatable bonds is 3. The van der Waals surface area contributed by atoms with Crippen molar-refractivity contribution in [2.24, 2.45) is 0 Å². The highest BCUT2D eigenvalue weighted by Gasteiger charge is 2.46. The topological polar surface area (TPSA) is 25.8 Å². The summed E-state index contributed by atoms with van der Waals surface area (Å²) in [4.78, 5) is 9.50. The summed E-state index contributed by atoms with van der Waals surface area (Å²) >= 11 is 1.75. The summed E-state index contributed by atoms with van der Waals surface area (Å²) in [5, 5.41) is 1.05. The van der Waals surface area contributed by atoms with Gasteiger partial charge in [-0.3, -0.25) is 4.98 Å². The Morgan fingerprint density at radius 3 is 2.24 bits per heavy atom. The van der Waals surface area contributed by atoms with Crippen molar-refractivity contribution >= 4 is 21.6 Å². The normalized spacial score (nSPS) is 16.4. The van der Waals surface area contributed by atoms with Gasteiger partial charge in [0, 0.05) is 18.0 Å². The van der Waals surface area contributed by atoms with E-state index in [4.69, 9.17) is 4.98 Å². The summed E-state index contributed by atoms with van der Waals surface area (Å²) in [6.45, 7) is 0. The molecule has 2 aromatic heterocycles. The van der Waals surface area contributed by atoms with E-state index in [2.05, 4.69) is 102 Å². The largest absolute Gasteiger partial charge is 0.264 e. The lowest BCUT2D eigenvalue weighted by molar-refractivity contribution is 0.763. The number of para-hydroxylation sites is 1. The standard InChI is InChI=1S/C31H20N2S/c1-2-9-22(10-3-1)31(23-11-8-18-32-20-23)26-13-5-4-12-24(26)25-17-16-21(19-27(25)31)30-33-28-14-6-7-15-29(28)34-30/h1-20H. The third kappa shape index (κ3) is 2.68. The summed E-state index contributed by atoms with van der Waals surface area (Å²) in [6.07, 6.45) is 3.87. The molecule has 34 heavy (non-hydrogen) atoms. The average Bonchev–Trinajstić information content (AvgIpc) is 3.47. The molecule has 1 aliphatic carbocycles. The monoisotopic (exact) mass is 452 g/mol. The number of aromatic nitrogens is 2. The molecule has 0 N–H and O–H groups in total. The van der Waals surface area contributed by atoms with Gasteiger partial charge in [0.1, 0.15) is 5.01 Å². The van der Waals surface area contributed by atoms with E-state index >= 15 is 0 Å². The van der Waals surface area contributed by atoms with Gasteiger partial charge in [-0.15, -0.1) is 11.3 Å². The fourth-order valence-electron chi connectivity index (χ4n) is 5.47. The van der Waals surface area contributed by atoms with Crippen LogP contribution in [0.5, 0.6) is 0 Å². The summed E-state index contributed by atoms with van der Waals surface area (Å²) < 4.78 is 1.21. The second-order valence-corrected chi connectivity index (χ2v) is 9.68. The van der Waals surface area contributed by atoms with Crippen LogP contribution in [0.2, 0.25) is 0 Å². The number of benzene rings is 4. The molecule has 2 nitrogen and oxygen atoms in total. The molecule has 0 spiro atoms. The maximum atomic E-state index is 4.96. The van der Waals surface area contributed by atoms with Crippen LogP contribution in [-0.2, 0) is 5.41 Å². The summed E-state index contributed by atoms with van der Waals surface area (Å²) in [5.74, 6) is 0. The molecule has 160 valence electrons. The minimum Gasteiger partial charge on any atom is -0.264 e. The molecule has 0 radical (unpaired) electrons. The van der Waals surface area contributed by atoms with E-state index in [1.807, 2.05) is 24.5 Å². The van der Waals surface area contributed by atoms with Gasteiger partial charge in [-0.1, -0.05) is 84.9 Å². The van der Waals surface area contributed by atoms with Gasteiger partial charge in [0.15, 0.2) is 0 Å². The first-order chi connectivity index (χ1) is 16.9. The number of fused-ring (bicyclic) bond motifs is 4. The van der Waals surface area contributed by atoms with Crippen LogP contribution in [0.15, 0.2) is 122 Å². The van der Waals surface area contributed by atoms with Gasteiger partial charge in [0.2, 0.25) is 0 Å². The van der Waals surface area contributed by atoms with Crippen LogP contribution in [0.25, 0.3) is 31.9 Å². The maximum Gasteiger partial charge on any atom is 0.124 e. The number of nitrogens with zero attached hydrogens (tertiary/aromatic N) is 2. The minimum atomic E-state index is -0.436. The molecule has 0 bridgehead atoms. The lowest BCUT2D eigenvalue weighted by atomic mass is 9.68. The first kappa shape index (κ1) is 19.4. The van der Waals surface area contributed by atoms with Crippen molar-refractivity contribution in [1.82, 2.24) is 9.97 Å². The van der Waals surface area contributed by atoms with Crippen LogP contribution in [0, 0.1) is 0 Å². The van der Waals surface area contributed by atoms with Crippen molar-refractivity contribution in [1.29, 1.82) is 0 Å². The van der Waals surface area contributed by atoms with Gasteiger partial charge >= 0.3 is 0 Å². The Labute approximate surface area is 202 Å². The molecule has 1 aliphatic rings. The molecule has 6 aromatic rings. The number of thiazole rings is 1. The van der Waals surface area contributed by atoms with Crippen LogP contribution >= 0.6 is 11.3 Å². The first-order valence-electron chi connectivity index (χ1n) is 11.4. The molecular formula is C31H20N2S. The van der Waals surface area contributed by atoms with Gasteiger partial charge in [0.05, 0.1) is 15.6 Å². The molecule has 0 fully saturated rings. The fraction of sp³-hybridized carbons (Fsp3) is 0.0323. The van der Waals surface area contributed by atoms with Crippen LogP contribution in [0.1, 0.15) is 22.3 Å². The highest BCUT2D eigenvalue weighted by molar-refractivity contribution is 7.21. The van der Waals surface area contributed by atoms with Gasteiger partial charge in [-0.25, -0.2) is 4.98 Å². The van der Waals surface area contributed by atoms with Crippen molar-refractivity contribution in [2.75, 3.05) is 0 Å². The van der Waals surface area contributed by atoms with Crippen molar-refractivity contribution < 1.29 is 0 Å². The number of pyridine rings is 1. The SMILES string of the molecule is c1ccc(C2(c3cccnc3)c3ccccc3-c3ccc(-c4nc5ccccc5s4)cc32)cc1. The highest BCUT2D eigenvalue weighted by Crippen LogP contribution is 2.56. The molecule has 4 aromatic carbocycles. The average molecular weight is 453 g/mol. The second kappa shape index (κ2) is 7.47. The zero-order valence-electron chi connectivity index (χ0n) is 18.3. The Hall–Kier alpha value is -4.08. The third-order valence-corrected chi connectivity index (χ3v) is 7.97. The predicted molar refractivity (Wildman–Crippen MR) is 140 cm³/mol. The fourth-order valence-corrected chi connectivity index (χ4v) is 6.43. The molecule has 0 amide bonds. The molecule has 0 saturated heterocycles. The van der Waals surface area contributed by atoms with E-state index in [9.17, 15) is 0 Å². The zero-order chi connectivity index (χ0) is 22.5. The smallest absolute Gasteiger partial charge is 0.124 e. The molecule has 1 unspecified atom stereocenters. The predicted octanol–water partition coefficient (Wildman–Crippen LogP) is 7.72. The van der Waals surface area contributed by atoms with Crippen LogP contribution in [0.3, 0.4) is 0 Å². The van der Waals surface area contributed by atoms with Gasteiger partial charge in [-0.05, 0) is 57.6 Å². The molecule has 1 atom stereocenters. The molecular weight excluding hydrogens is 432 g/mol. The minimum absolute atomic E-state index is 0.436. The molecule has 3 heteroatoms. The van der Waals surface area contributed by atoms with Gasteiger partial charge in [-0.2, -0.15) is 0 Å². The van der Waals surface area contributed by atoms with Crippen molar-refractivity contribution in [3.63, 3.8) is 0 Å². The Morgan fingerprint density at radius 2 is 1.38 bits per heavy atom. The van der Waals surface area contributed by atoms with Gasteiger partial charge in [0.25, 0.3) is 0 Å². The Kier molecular flexibility index (Phi) is 4.26. The number of hydrogen-bond acceptors (Lipinski definition) is 3. The zero-order valence-corrected chi connectivity index (χ0v) is 19.2. The van der Waals surface area contributed by atoms with E-state index in [1.54, 1.807) is 11.3 Å². The number of hydrogen-bond donors (Lipinski definition) is 0. The molecule has 0 saturated carbocycles. The van der Waals surface area contributed by atoms with E-state index in [1.165, 1.54) is 38.1 Å². The Bertz CT molecular complexity index is 1580. The van der Waals surface area contributed by atoms with E-state index in [0.29, 0.717) is 0 Å². The Morgan fingerprint density at radius 1 is 0.618 bits per heavy atom. The van der Waals surface area contributed by atoms with Crippen molar-refractivity contribution in [2.45, 2.75) is 5.41 Å². The van der Waals surface area contributed by atoms with Crippen LogP contribution < -0.4 is 0 Å². The van der Waals surface area contributed by atoms with Gasteiger partial charge < -0.3 is 0 Å². The summed E-state index contributed by atoms with van der Waals surface area (Å²) in [7, 11) is 0. The van der Waals surface area contributed by atoms with E-state index in [-0.39, 0.29) is 0 Å². The second-order valence-electron chi connectivity index (χ2n) is 8.65. The van der Waals surface area contributed by atoms with Crippen LogP contribution in [0.4, 0.5) is 0 Å². The summed E-state index contributed by atoms with van der Waals surface area (Å²) in [5.41, 5.74) is 9.31. The Balaban J connectivity index is 1.57. The molecule has 7 rings (SSSR count). The molecule has 0 aliphatic heterocycles. The lowest BCUT2D eigenvalue weighted by Gasteiger charge is -2.33. The quantitative estimate of drug-likeness (QED) is 0.274. The van der Waals surface area contributed by atoms with E-state index in [0.717, 1.165) is 16.1 Å². The first-order valence-corrected chi connectivity index (χ1v) is 12.2. The lowest BCUT2D eigenvalue weighted by Crippen LogP contribution is -2.28. The van der Waals surface area contributed by atoms with Crippen LogP contribution in [-0.4, -0.2) is 9.97 Å². The van der Waals surface area contributed by atoms with Crippen molar-refractivity contribution in [3.05, 3.63) is 144 Å². The maximum absolute atomic E-state index is 4.96. The third-order valence-electron chi connectivity index (χ3n) is 6.89. The summed E-state index contributed by atoms with van der Waals surface area (Å²) in [6, 6.07) is 39.1. The molecule has 2 heterocycles. The highest BCUT2D eigenvalue weighted by atomic mass is 32.1.